The van der Waals surface area contributed by atoms with Crippen LogP contribution in [0.5, 0.6) is 11.5 Å². The van der Waals surface area contributed by atoms with Gasteiger partial charge in [-0.05, 0) is 18.1 Å². The minimum atomic E-state index is -4.17. The van der Waals surface area contributed by atoms with Crippen molar-refractivity contribution < 1.29 is 32.9 Å². The molecule has 0 bridgehead atoms. The molecule has 0 heterocycles. The van der Waals surface area contributed by atoms with E-state index in [9.17, 15) is 23.4 Å². The zero-order valence-corrected chi connectivity index (χ0v) is 16.8. The van der Waals surface area contributed by atoms with Crippen LogP contribution in [-0.2, 0) is 10.0 Å². The normalized spacial score (nSPS) is 12.5. The number of carbonyl (C=O) groups is 1. The van der Waals surface area contributed by atoms with Crippen molar-refractivity contribution in [1.82, 2.24) is 0 Å². The topological polar surface area (TPSA) is 122 Å². The summed E-state index contributed by atoms with van der Waals surface area (Å²) in [5.41, 5.74) is 0.271. The molecule has 1 atom stereocenters. The fourth-order valence-corrected chi connectivity index (χ4v) is 3.79. The number of methoxy groups -OCH3 is 2. The number of aromatic carboxylic acids is 1. The average Bonchev–Trinajstić information content (AvgIpc) is 2.66. The van der Waals surface area contributed by atoms with Gasteiger partial charge in [0.05, 0.1) is 30.9 Å². The van der Waals surface area contributed by atoms with Crippen LogP contribution in [0.2, 0.25) is 0 Å². The van der Waals surface area contributed by atoms with Crippen molar-refractivity contribution in [1.29, 1.82) is 0 Å². The van der Waals surface area contributed by atoms with E-state index < -0.39 is 22.1 Å². The van der Waals surface area contributed by atoms with Gasteiger partial charge in [0.2, 0.25) is 0 Å². The molecule has 9 heteroatoms. The Labute approximate surface area is 163 Å². The van der Waals surface area contributed by atoms with Crippen LogP contribution in [0.15, 0.2) is 41.3 Å². The molecule has 0 saturated carbocycles. The number of para-hydroxylation sites is 1. The number of carboxylic acid groups (broad SMARTS) is 1. The largest absolute Gasteiger partial charge is 0.493 e. The van der Waals surface area contributed by atoms with Gasteiger partial charge in [0.1, 0.15) is 5.56 Å². The summed E-state index contributed by atoms with van der Waals surface area (Å²) in [6.07, 6.45) is -0.876. The molecule has 0 saturated heterocycles. The average molecular weight is 409 g/mol. The Bertz CT molecular complexity index is 970. The van der Waals surface area contributed by atoms with Gasteiger partial charge in [-0.1, -0.05) is 32.0 Å². The molecule has 2 rings (SSSR count). The summed E-state index contributed by atoms with van der Waals surface area (Å²) in [7, 11) is -1.63. The molecule has 152 valence electrons. The zero-order chi connectivity index (χ0) is 21.1. The Balaban J connectivity index is 2.55. The van der Waals surface area contributed by atoms with Crippen molar-refractivity contribution in [2.45, 2.75) is 24.8 Å². The van der Waals surface area contributed by atoms with E-state index in [-0.39, 0.29) is 33.6 Å². The molecular formula is C19H23NO7S. The van der Waals surface area contributed by atoms with Gasteiger partial charge in [-0.15, -0.1) is 0 Å². The third kappa shape index (κ3) is 4.37. The van der Waals surface area contributed by atoms with E-state index in [1.54, 1.807) is 18.2 Å². The summed E-state index contributed by atoms with van der Waals surface area (Å²) in [6, 6.07) is 8.64. The fourth-order valence-electron chi connectivity index (χ4n) is 2.66. The number of anilines is 1. The second-order valence-corrected chi connectivity index (χ2v) is 8.08. The monoisotopic (exact) mass is 409 g/mol. The third-order valence-corrected chi connectivity index (χ3v) is 5.49. The molecular weight excluding hydrogens is 386 g/mol. The molecule has 2 aromatic rings. The van der Waals surface area contributed by atoms with Crippen LogP contribution in [0.3, 0.4) is 0 Å². The Morgan fingerprint density at radius 3 is 2.29 bits per heavy atom. The predicted molar refractivity (Wildman–Crippen MR) is 104 cm³/mol. The third-order valence-electron chi connectivity index (χ3n) is 4.15. The lowest BCUT2D eigenvalue weighted by Crippen LogP contribution is -2.17. The zero-order valence-electron chi connectivity index (χ0n) is 16.0. The van der Waals surface area contributed by atoms with Gasteiger partial charge in [-0.2, -0.15) is 0 Å². The maximum atomic E-state index is 12.9. The van der Waals surface area contributed by atoms with Crippen LogP contribution < -0.4 is 14.2 Å². The van der Waals surface area contributed by atoms with Gasteiger partial charge >= 0.3 is 5.97 Å². The molecule has 0 aliphatic heterocycles. The smallest absolute Gasteiger partial charge is 0.339 e. The molecule has 0 spiro atoms. The Morgan fingerprint density at radius 1 is 1.11 bits per heavy atom. The molecule has 0 aliphatic carbocycles. The molecule has 0 aromatic heterocycles. The summed E-state index contributed by atoms with van der Waals surface area (Å²) in [5.74, 6) is -1.60. The van der Waals surface area contributed by atoms with Crippen LogP contribution in [0.1, 0.15) is 35.9 Å². The van der Waals surface area contributed by atoms with Gasteiger partial charge in [0.15, 0.2) is 11.5 Å². The van der Waals surface area contributed by atoms with Gasteiger partial charge in [-0.3, -0.25) is 4.72 Å². The van der Waals surface area contributed by atoms with Crippen LogP contribution >= 0.6 is 0 Å². The van der Waals surface area contributed by atoms with Crippen LogP contribution in [0.25, 0.3) is 0 Å². The van der Waals surface area contributed by atoms with Crippen molar-refractivity contribution in [3.8, 4) is 11.5 Å². The molecule has 0 unspecified atom stereocenters. The summed E-state index contributed by atoms with van der Waals surface area (Å²) >= 11 is 0. The first kappa shape index (κ1) is 21.5. The van der Waals surface area contributed by atoms with Crippen molar-refractivity contribution in [3.63, 3.8) is 0 Å². The minimum Gasteiger partial charge on any atom is -0.493 e. The second kappa shape index (κ2) is 8.49. The maximum absolute atomic E-state index is 12.9. The van der Waals surface area contributed by atoms with E-state index in [2.05, 4.69) is 4.72 Å². The quantitative estimate of drug-likeness (QED) is 0.613. The highest BCUT2D eigenvalue weighted by Gasteiger charge is 2.25. The van der Waals surface area contributed by atoms with Crippen LogP contribution in [0, 0.1) is 5.92 Å². The summed E-state index contributed by atoms with van der Waals surface area (Å²) in [5, 5.41) is 19.8. The van der Waals surface area contributed by atoms with Crippen LogP contribution in [-0.4, -0.2) is 38.8 Å². The van der Waals surface area contributed by atoms with E-state index >= 15 is 0 Å². The number of nitrogens with one attached hydrogen (secondary N) is 1. The number of carboxylic acids is 1. The summed E-state index contributed by atoms with van der Waals surface area (Å²) in [4.78, 5) is 11.2. The number of hydrogen-bond donors (Lipinski definition) is 3. The number of sulfonamides is 1. The highest BCUT2D eigenvalue weighted by atomic mass is 32.2. The standard InChI is InChI=1S/C19H23NO7S/c1-11(2)17(21)13-7-5-6-8-15(13)20-28(24,25)12-9-14(19(22)23)18(27-4)16(10-12)26-3/h5-11,17,20-21H,1-4H3,(H,22,23)/t17-/m0/s1. The van der Waals surface area contributed by atoms with E-state index in [0.717, 1.165) is 6.07 Å². The van der Waals surface area contributed by atoms with Crippen molar-refractivity contribution in [3.05, 3.63) is 47.5 Å². The molecule has 0 fully saturated rings. The molecule has 8 nitrogen and oxygen atoms in total. The number of ether oxygens (including phenoxy) is 2. The van der Waals surface area contributed by atoms with E-state index in [0.29, 0.717) is 5.56 Å². The lowest BCUT2D eigenvalue weighted by molar-refractivity contribution is 0.0692. The number of benzene rings is 2. The first-order chi connectivity index (χ1) is 13.1. The van der Waals surface area contributed by atoms with Gasteiger partial charge in [0, 0.05) is 11.6 Å². The number of rotatable bonds is 8. The molecule has 0 amide bonds. The molecule has 3 N–H and O–H groups in total. The van der Waals surface area contributed by atoms with E-state index in [4.69, 9.17) is 9.47 Å². The summed E-state index contributed by atoms with van der Waals surface area (Å²) in [6.45, 7) is 3.62. The van der Waals surface area contributed by atoms with E-state index in [1.165, 1.54) is 26.4 Å². The lowest BCUT2D eigenvalue weighted by atomic mass is 9.98. The van der Waals surface area contributed by atoms with Crippen LogP contribution in [0.4, 0.5) is 5.69 Å². The molecule has 0 radical (unpaired) electrons. The maximum Gasteiger partial charge on any atom is 0.339 e. The van der Waals surface area contributed by atoms with Crippen molar-refractivity contribution >= 4 is 21.7 Å². The van der Waals surface area contributed by atoms with E-state index in [1.807, 2.05) is 13.8 Å². The van der Waals surface area contributed by atoms with Crippen molar-refractivity contribution in [2.24, 2.45) is 5.92 Å². The lowest BCUT2D eigenvalue weighted by Gasteiger charge is -2.20. The number of aliphatic hydroxyl groups is 1. The highest BCUT2D eigenvalue weighted by Crippen LogP contribution is 2.35. The number of aliphatic hydroxyl groups excluding tert-OH is 1. The highest BCUT2D eigenvalue weighted by molar-refractivity contribution is 7.92. The molecule has 28 heavy (non-hydrogen) atoms. The fraction of sp³-hybridized carbons (Fsp3) is 0.316. The van der Waals surface area contributed by atoms with Crippen molar-refractivity contribution in [2.75, 3.05) is 18.9 Å². The minimum absolute atomic E-state index is 0.0294. The van der Waals surface area contributed by atoms with Gasteiger partial charge in [0.25, 0.3) is 10.0 Å². The summed E-state index contributed by atoms with van der Waals surface area (Å²) < 4.78 is 38.4. The molecule has 2 aromatic carbocycles. The number of hydrogen-bond acceptors (Lipinski definition) is 6. The van der Waals surface area contributed by atoms with Gasteiger partial charge in [-0.25, -0.2) is 13.2 Å². The second-order valence-electron chi connectivity index (χ2n) is 6.39. The first-order valence-electron chi connectivity index (χ1n) is 8.41. The first-order valence-corrected chi connectivity index (χ1v) is 9.89. The Morgan fingerprint density at radius 2 is 1.75 bits per heavy atom. The Hall–Kier alpha value is -2.78. The van der Waals surface area contributed by atoms with Gasteiger partial charge < -0.3 is 19.7 Å². The molecule has 0 aliphatic rings. The Kier molecular flexibility index (Phi) is 6.52. The predicted octanol–water partition coefficient (Wildman–Crippen LogP) is 2.89. The SMILES string of the molecule is COc1cc(S(=O)(=O)Nc2ccccc2[C@@H](O)C(C)C)cc(C(=O)O)c1OC.